The fourth-order valence-electron chi connectivity index (χ4n) is 1.86. The van der Waals surface area contributed by atoms with E-state index in [0.29, 0.717) is 0 Å². The van der Waals surface area contributed by atoms with E-state index in [1.54, 1.807) is 0 Å². The number of hydrogen-bond acceptors (Lipinski definition) is 2. The van der Waals surface area contributed by atoms with Gasteiger partial charge >= 0.3 is 0 Å². The molecule has 0 saturated carbocycles. The van der Waals surface area contributed by atoms with E-state index >= 15 is 0 Å². The predicted molar refractivity (Wildman–Crippen MR) is 51.2 cm³/mol. The summed E-state index contributed by atoms with van der Waals surface area (Å²) in [6.45, 7) is 2.03. The van der Waals surface area contributed by atoms with E-state index in [2.05, 4.69) is 9.88 Å². The molecule has 0 aromatic carbocycles. The molecule has 1 aromatic rings. The minimum Gasteiger partial charge on any atom is -0.373 e. The topological polar surface area (TPSA) is 39.3 Å². The van der Waals surface area contributed by atoms with Crippen molar-refractivity contribution in [3.63, 3.8) is 0 Å². The molecule has 1 aliphatic rings. The zero-order valence-corrected chi connectivity index (χ0v) is 7.74. The average Bonchev–Trinajstić information content (AvgIpc) is 2.71. The molecule has 0 radical (unpaired) electrons. The number of aliphatic hydroxyl groups excluding tert-OH is 1. The van der Waals surface area contributed by atoms with Crippen LogP contribution in [0.3, 0.4) is 0 Å². The van der Waals surface area contributed by atoms with Gasteiger partial charge in [-0.2, -0.15) is 0 Å². The molecule has 3 nitrogen and oxygen atoms in total. The van der Waals surface area contributed by atoms with Crippen LogP contribution in [0.5, 0.6) is 0 Å². The Morgan fingerprint density at radius 2 is 2.08 bits per heavy atom. The quantitative estimate of drug-likeness (QED) is 0.723. The van der Waals surface area contributed by atoms with Crippen molar-refractivity contribution < 1.29 is 5.11 Å². The van der Waals surface area contributed by atoms with Crippen molar-refractivity contribution in [1.82, 2.24) is 9.88 Å². The van der Waals surface area contributed by atoms with Gasteiger partial charge in [-0.3, -0.25) is 4.90 Å². The molecule has 1 fully saturated rings. The maximum absolute atomic E-state index is 9.93. The Kier molecular flexibility index (Phi) is 2.66. The van der Waals surface area contributed by atoms with Crippen LogP contribution < -0.4 is 0 Å². The van der Waals surface area contributed by atoms with Crippen molar-refractivity contribution in [2.75, 3.05) is 13.1 Å². The molecule has 2 heterocycles. The van der Waals surface area contributed by atoms with Crippen molar-refractivity contribution in [3.05, 3.63) is 24.0 Å². The number of aliphatic hydroxyl groups is 1. The van der Waals surface area contributed by atoms with Crippen molar-refractivity contribution in [2.24, 2.45) is 0 Å². The van der Waals surface area contributed by atoms with Crippen LogP contribution in [0.2, 0.25) is 0 Å². The third-order valence-corrected chi connectivity index (χ3v) is 2.64. The minimum absolute atomic E-state index is 0.435. The Bertz CT molecular complexity index is 239. The summed E-state index contributed by atoms with van der Waals surface area (Å²) in [4.78, 5) is 5.16. The van der Waals surface area contributed by atoms with E-state index in [4.69, 9.17) is 0 Å². The molecule has 1 atom stereocenters. The van der Waals surface area contributed by atoms with Crippen LogP contribution in [0, 0.1) is 0 Å². The summed E-state index contributed by atoms with van der Waals surface area (Å²) in [6, 6.07) is 3.85. The number of nitrogens with one attached hydrogen (secondary N) is 1. The molecule has 3 heteroatoms. The van der Waals surface area contributed by atoms with Gasteiger partial charge in [0, 0.05) is 19.3 Å². The van der Waals surface area contributed by atoms with Crippen LogP contribution in [-0.2, 0) is 0 Å². The number of aromatic amines is 1. The van der Waals surface area contributed by atoms with Gasteiger partial charge in [0.1, 0.15) is 6.23 Å². The van der Waals surface area contributed by atoms with Gasteiger partial charge in [0.15, 0.2) is 0 Å². The van der Waals surface area contributed by atoms with Crippen molar-refractivity contribution in [2.45, 2.75) is 25.5 Å². The molecule has 1 unspecified atom stereocenters. The van der Waals surface area contributed by atoms with E-state index in [0.717, 1.165) is 18.8 Å². The van der Waals surface area contributed by atoms with Crippen LogP contribution in [0.4, 0.5) is 0 Å². The summed E-state index contributed by atoms with van der Waals surface area (Å²) in [7, 11) is 0. The maximum Gasteiger partial charge on any atom is 0.148 e. The largest absolute Gasteiger partial charge is 0.373 e. The molecule has 0 bridgehead atoms. The molecular weight excluding hydrogens is 164 g/mol. The molecule has 72 valence electrons. The number of aromatic nitrogens is 1. The van der Waals surface area contributed by atoms with Gasteiger partial charge < -0.3 is 10.1 Å². The highest BCUT2D eigenvalue weighted by Gasteiger charge is 2.19. The Hall–Kier alpha value is -0.800. The van der Waals surface area contributed by atoms with Crippen LogP contribution >= 0.6 is 0 Å². The summed E-state index contributed by atoms with van der Waals surface area (Å²) in [6.07, 6.45) is 5.13. The van der Waals surface area contributed by atoms with Gasteiger partial charge in [0.05, 0.1) is 5.69 Å². The highest BCUT2D eigenvalue weighted by molar-refractivity contribution is 5.06. The number of rotatable bonds is 2. The molecule has 1 aromatic heterocycles. The van der Waals surface area contributed by atoms with E-state index < -0.39 is 6.23 Å². The van der Waals surface area contributed by atoms with Crippen LogP contribution in [0.1, 0.15) is 31.2 Å². The SMILES string of the molecule is OC(c1ccc[nH]1)N1CCCCC1. The predicted octanol–water partition coefficient (Wildman–Crippen LogP) is 1.49. The smallest absolute Gasteiger partial charge is 0.148 e. The summed E-state index contributed by atoms with van der Waals surface area (Å²) in [5.41, 5.74) is 0.905. The molecule has 0 amide bonds. The molecular formula is C10H16N2O. The van der Waals surface area contributed by atoms with Crippen LogP contribution in [0.15, 0.2) is 18.3 Å². The molecule has 1 saturated heterocycles. The zero-order chi connectivity index (χ0) is 9.10. The lowest BCUT2D eigenvalue weighted by Crippen LogP contribution is -2.33. The van der Waals surface area contributed by atoms with Crippen LogP contribution in [-0.4, -0.2) is 28.1 Å². The second-order valence-electron chi connectivity index (χ2n) is 3.60. The lowest BCUT2D eigenvalue weighted by atomic mass is 10.1. The first-order chi connectivity index (χ1) is 6.38. The lowest BCUT2D eigenvalue weighted by molar-refractivity contribution is -0.0125. The second-order valence-corrected chi connectivity index (χ2v) is 3.60. The van der Waals surface area contributed by atoms with Gasteiger partial charge in [-0.05, 0) is 25.0 Å². The summed E-state index contributed by atoms with van der Waals surface area (Å²) in [5, 5.41) is 9.93. The minimum atomic E-state index is -0.435. The van der Waals surface area contributed by atoms with E-state index in [9.17, 15) is 5.11 Å². The molecule has 2 rings (SSSR count). The van der Waals surface area contributed by atoms with Gasteiger partial charge in [0.25, 0.3) is 0 Å². The first-order valence-electron chi connectivity index (χ1n) is 4.93. The van der Waals surface area contributed by atoms with Gasteiger partial charge in [-0.15, -0.1) is 0 Å². The Balaban J connectivity index is 1.99. The van der Waals surface area contributed by atoms with Gasteiger partial charge in [-0.25, -0.2) is 0 Å². The summed E-state index contributed by atoms with van der Waals surface area (Å²) >= 11 is 0. The van der Waals surface area contributed by atoms with Crippen molar-refractivity contribution in [3.8, 4) is 0 Å². The first kappa shape index (κ1) is 8.78. The maximum atomic E-state index is 9.93. The third kappa shape index (κ3) is 1.92. The number of piperidine rings is 1. The molecule has 1 aliphatic heterocycles. The average molecular weight is 180 g/mol. The molecule has 2 N–H and O–H groups in total. The monoisotopic (exact) mass is 180 g/mol. The molecule has 0 aliphatic carbocycles. The fraction of sp³-hybridized carbons (Fsp3) is 0.600. The first-order valence-corrected chi connectivity index (χ1v) is 4.93. The molecule has 13 heavy (non-hydrogen) atoms. The second kappa shape index (κ2) is 3.94. The highest BCUT2D eigenvalue weighted by atomic mass is 16.3. The normalized spacial score (nSPS) is 21.6. The van der Waals surface area contributed by atoms with E-state index in [1.165, 1.54) is 19.3 Å². The zero-order valence-electron chi connectivity index (χ0n) is 7.74. The fourth-order valence-corrected chi connectivity index (χ4v) is 1.86. The number of nitrogens with zero attached hydrogens (tertiary/aromatic N) is 1. The van der Waals surface area contributed by atoms with Crippen molar-refractivity contribution >= 4 is 0 Å². The standard InChI is InChI=1S/C10H16N2O/c13-10(9-5-4-6-11-9)12-7-2-1-3-8-12/h4-6,10-11,13H,1-3,7-8H2. The Morgan fingerprint density at radius 1 is 1.31 bits per heavy atom. The highest BCUT2D eigenvalue weighted by Crippen LogP contribution is 2.20. The summed E-state index contributed by atoms with van der Waals surface area (Å²) < 4.78 is 0. The number of likely N-dealkylation sites (tertiary alicyclic amines) is 1. The van der Waals surface area contributed by atoms with E-state index in [1.807, 2.05) is 18.3 Å². The third-order valence-electron chi connectivity index (χ3n) is 2.64. The van der Waals surface area contributed by atoms with Crippen molar-refractivity contribution in [1.29, 1.82) is 0 Å². The van der Waals surface area contributed by atoms with Gasteiger partial charge in [0.2, 0.25) is 0 Å². The Morgan fingerprint density at radius 3 is 2.69 bits per heavy atom. The number of H-pyrrole nitrogens is 1. The van der Waals surface area contributed by atoms with Gasteiger partial charge in [-0.1, -0.05) is 6.42 Å². The van der Waals surface area contributed by atoms with E-state index in [-0.39, 0.29) is 0 Å². The number of hydrogen-bond donors (Lipinski definition) is 2. The van der Waals surface area contributed by atoms with Crippen LogP contribution in [0.25, 0.3) is 0 Å². The molecule has 0 spiro atoms. The Labute approximate surface area is 78.4 Å². The summed E-state index contributed by atoms with van der Waals surface area (Å²) in [5.74, 6) is 0. The lowest BCUT2D eigenvalue weighted by Gasteiger charge is -2.30.